The fourth-order valence-corrected chi connectivity index (χ4v) is 9.50. The highest BCUT2D eigenvalue weighted by atomic mass is 16.6. The molecule has 0 rings (SSSR count). The Morgan fingerprint density at radius 3 is 0.797 bits per heavy atom. The number of carbonyl (C=O) groups is 3. The van der Waals surface area contributed by atoms with Crippen molar-refractivity contribution in [1.82, 2.24) is 0 Å². The Balaban J connectivity index is 4.36. The van der Waals surface area contributed by atoms with E-state index in [-0.39, 0.29) is 31.1 Å². The van der Waals surface area contributed by atoms with Crippen LogP contribution in [-0.2, 0) is 28.6 Å². The molecule has 0 aromatic rings. The smallest absolute Gasteiger partial charge is 0.306 e. The normalized spacial score (nSPS) is 12.7. The molecule has 0 saturated heterocycles. The first-order valence-corrected chi connectivity index (χ1v) is 33.7. The Bertz CT molecular complexity index is 1540. The number of hydrogen-bond acceptors (Lipinski definition) is 6. The van der Waals surface area contributed by atoms with Crippen LogP contribution in [0.1, 0.15) is 329 Å². The van der Waals surface area contributed by atoms with E-state index in [0.717, 1.165) is 109 Å². The maximum atomic E-state index is 12.9. The number of carbonyl (C=O) groups excluding carboxylic acids is 3. The van der Waals surface area contributed by atoms with Gasteiger partial charge in [0.25, 0.3) is 0 Å². The van der Waals surface area contributed by atoms with Crippen LogP contribution in [0.15, 0.2) is 97.2 Å². The highest BCUT2D eigenvalue weighted by molar-refractivity contribution is 5.71. The quantitative estimate of drug-likeness (QED) is 0.0261. The molecule has 0 aromatic heterocycles. The average molecular weight is 1100 g/mol. The second-order valence-corrected chi connectivity index (χ2v) is 22.3. The Morgan fingerprint density at radius 2 is 0.494 bits per heavy atom. The first kappa shape index (κ1) is 75.3. The zero-order valence-corrected chi connectivity index (χ0v) is 52.1. The lowest BCUT2D eigenvalue weighted by Crippen LogP contribution is -2.30. The van der Waals surface area contributed by atoms with Crippen LogP contribution < -0.4 is 0 Å². The summed E-state index contributed by atoms with van der Waals surface area (Å²) < 4.78 is 17.0. The molecule has 0 aliphatic heterocycles. The van der Waals surface area contributed by atoms with Crippen molar-refractivity contribution < 1.29 is 28.6 Å². The third-order valence-electron chi connectivity index (χ3n) is 14.5. The highest BCUT2D eigenvalue weighted by Crippen LogP contribution is 2.16. The van der Waals surface area contributed by atoms with Crippen LogP contribution in [-0.4, -0.2) is 37.2 Å². The molecule has 454 valence electrons. The summed E-state index contributed by atoms with van der Waals surface area (Å²) in [6.07, 6.45) is 89.8. The molecule has 0 amide bonds. The van der Waals surface area contributed by atoms with Gasteiger partial charge >= 0.3 is 17.9 Å². The minimum Gasteiger partial charge on any atom is -0.462 e. The number of unbranched alkanes of at least 4 members (excludes halogenated alkanes) is 34. The van der Waals surface area contributed by atoms with Crippen LogP contribution in [0.25, 0.3) is 0 Å². The third kappa shape index (κ3) is 65.0. The van der Waals surface area contributed by atoms with E-state index in [1.807, 2.05) is 0 Å². The summed E-state index contributed by atoms with van der Waals surface area (Å²) in [5.74, 6) is -0.891. The average Bonchev–Trinajstić information content (AvgIpc) is 3.45. The van der Waals surface area contributed by atoms with E-state index < -0.39 is 6.10 Å². The second-order valence-electron chi connectivity index (χ2n) is 22.3. The highest BCUT2D eigenvalue weighted by Gasteiger charge is 2.19. The lowest BCUT2D eigenvalue weighted by atomic mass is 10.0. The van der Waals surface area contributed by atoms with Crippen LogP contribution in [0.4, 0.5) is 0 Å². The summed E-state index contributed by atoms with van der Waals surface area (Å²) in [6.45, 7) is 6.51. The third-order valence-corrected chi connectivity index (χ3v) is 14.5. The van der Waals surface area contributed by atoms with Crippen molar-refractivity contribution in [2.75, 3.05) is 13.2 Å². The monoisotopic (exact) mass is 1100 g/mol. The Morgan fingerprint density at radius 1 is 0.266 bits per heavy atom. The fraction of sp³-hybridized carbons (Fsp3) is 0.740. The number of esters is 3. The van der Waals surface area contributed by atoms with E-state index in [4.69, 9.17) is 14.2 Å². The van der Waals surface area contributed by atoms with Crippen molar-refractivity contribution in [2.24, 2.45) is 0 Å². The van der Waals surface area contributed by atoms with Gasteiger partial charge in [0.15, 0.2) is 6.10 Å². The van der Waals surface area contributed by atoms with Gasteiger partial charge in [0.05, 0.1) is 0 Å². The van der Waals surface area contributed by atoms with Gasteiger partial charge in [-0.15, -0.1) is 0 Å². The Labute approximate surface area is 489 Å². The van der Waals surface area contributed by atoms with Gasteiger partial charge in [0.2, 0.25) is 0 Å². The summed E-state index contributed by atoms with van der Waals surface area (Å²) in [7, 11) is 0. The summed E-state index contributed by atoms with van der Waals surface area (Å²) in [5, 5.41) is 0. The van der Waals surface area contributed by atoms with Crippen LogP contribution in [0.5, 0.6) is 0 Å². The van der Waals surface area contributed by atoms with E-state index in [1.54, 1.807) is 0 Å². The molecule has 0 N–H and O–H groups in total. The minimum absolute atomic E-state index is 0.0841. The second kappa shape index (κ2) is 66.8. The van der Waals surface area contributed by atoms with Crippen molar-refractivity contribution in [3.05, 3.63) is 97.2 Å². The molecule has 0 heterocycles. The molecule has 0 aromatic carbocycles. The molecule has 0 aliphatic rings. The molecule has 0 spiro atoms. The maximum absolute atomic E-state index is 12.9. The van der Waals surface area contributed by atoms with Crippen molar-refractivity contribution in [2.45, 2.75) is 335 Å². The van der Waals surface area contributed by atoms with Crippen molar-refractivity contribution >= 4 is 17.9 Å². The van der Waals surface area contributed by atoms with Crippen molar-refractivity contribution in [3.63, 3.8) is 0 Å². The minimum atomic E-state index is -0.789. The molecule has 1 atom stereocenters. The number of hydrogen-bond donors (Lipinski definition) is 0. The lowest BCUT2D eigenvalue weighted by Gasteiger charge is -2.18. The van der Waals surface area contributed by atoms with Gasteiger partial charge in [-0.1, -0.05) is 285 Å². The van der Waals surface area contributed by atoms with E-state index in [9.17, 15) is 14.4 Å². The van der Waals surface area contributed by atoms with Crippen LogP contribution in [0.3, 0.4) is 0 Å². The SMILES string of the molecule is CC/C=C\C/C=C\C/C=C\C/C=C\CCCCCCCCCCCCC(=O)OCC(COC(=O)CCCCCCC/C=C\C/C=C\CCCCC)OC(=O)CCCCCCCCCCCCC/C=C\C/C=C\CCCCCCC. The van der Waals surface area contributed by atoms with E-state index in [1.165, 1.54) is 180 Å². The van der Waals surface area contributed by atoms with Gasteiger partial charge in [0, 0.05) is 19.3 Å². The lowest BCUT2D eigenvalue weighted by molar-refractivity contribution is -0.167. The summed E-state index contributed by atoms with van der Waals surface area (Å²) >= 11 is 0. The predicted octanol–water partition coefficient (Wildman–Crippen LogP) is 23.2. The van der Waals surface area contributed by atoms with E-state index in [2.05, 4.69) is 118 Å². The number of allylic oxidation sites excluding steroid dienone is 16. The number of ether oxygens (including phenoxy) is 3. The number of rotatable bonds is 61. The fourth-order valence-electron chi connectivity index (χ4n) is 9.50. The van der Waals surface area contributed by atoms with Gasteiger partial charge in [-0.05, 0) is 122 Å². The molecule has 79 heavy (non-hydrogen) atoms. The zero-order valence-electron chi connectivity index (χ0n) is 52.1. The predicted molar refractivity (Wildman–Crippen MR) is 344 cm³/mol. The molecule has 0 aliphatic carbocycles. The van der Waals surface area contributed by atoms with Gasteiger partial charge in [-0.3, -0.25) is 14.4 Å². The molecule has 0 fully saturated rings. The van der Waals surface area contributed by atoms with Crippen molar-refractivity contribution in [1.29, 1.82) is 0 Å². The van der Waals surface area contributed by atoms with E-state index >= 15 is 0 Å². The van der Waals surface area contributed by atoms with E-state index in [0.29, 0.717) is 19.3 Å². The zero-order chi connectivity index (χ0) is 57.1. The summed E-state index contributed by atoms with van der Waals surface area (Å²) in [6, 6.07) is 0. The van der Waals surface area contributed by atoms with Gasteiger partial charge in [-0.2, -0.15) is 0 Å². The maximum Gasteiger partial charge on any atom is 0.306 e. The van der Waals surface area contributed by atoms with Gasteiger partial charge < -0.3 is 14.2 Å². The summed E-state index contributed by atoms with van der Waals surface area (Å²) in [5.41, 5.74) is 0. The molecule has 1 unspecified atom stereocenters. The van der Waals surface area contributed by atoms with Crippen LogP contribution in [0, 0.1) is 0 Å². The molecular formula is C73H126O6. The molecule has 6 nitrogen and oxygen atoms in total. The van der Waals surface area contributed by atoms with Crippen LogP contribution in [0.2, 0.25) is 0 Å². The first-order valence-electron chi connectivity index (χ1n) is 33.7. The van der Waals surface area contributed by atoms with Crippen LogP contribution >= 0.6 is 0 Å². The molecule has 0 bridgehead atoms. The largest absolute Gasteiger partial charge is 0.462 e. The summed E-state index contributed by atoms with van der Waals surface area (Å²) in [4.78, 5) is 38.4. The Hall–Kier alpha value is -3.67. The molecule has 6 heteroatoms. The van der Waals surface area contributed by atoms with Gasteiger partial charge in [-0.25, -0.2) is 0 Å². The standard InChI is InChI=1S/C73H126O6/c1-4-7-10-13-16-19-22-25-28-30-32-34-36-38-40-42-45-48-51-54-57-60-63-66-72(75)78-69-70(68-77-71(74)65-62-59-56-53-50-47-44-27-24-21-18-15-12-9-6-3)79-73(76)67-64-61-58-55-52-49-46-43-41-39-37-35-33-31-29-26-23-20-17-14-11-8-5-2/h7,10,16,18-19,21,23,25-28,31-34,44,70H,4-6,8-9,11-15,17,20,22,24,29-30,35-43,45-69H2,1-3H3/b10-7-,19-16-,21-18-,26-23-,28-25-,33-31-,34-32-,44-27-. The molecular weight excluding hydrogens is 973 g/mol. The topological polar surface area (TPSA) is 78.9 Å². The first-order chi connectivity index (χ1) is 39.0. The Kier molecular flexibility index (Phi) is 63.7. The molecule has 0 saturated carbocycles. The van der Waals surface area contributed by atoms with Crippen molar-refractivity contribution in [3.8, 4) is 0 Å². The molecule has 0 radical (unpaired) electrons. The van der Waals surface area contributed by atoms with Gasteiger partial charge in [0.1, 0.15) is 13.2 Å².